The first-order chi connectivity index (χ1) is 11.1. The Balaban J connectivity index is 1.48. The number of piperidine rings is 1. The van der Waals surface area contributed by atoms with Crippen molar-refractivity contribution < 1.29 is 0 Å². The molecule has 0 radical (unpaired) electrons. The van der Waals surface area contributed by atoms with Gasteiger partial charge in [0.15, 0.2) is 0 Å². The maximum Gasteiger partial charge on any atom is 0.0627 e. The van der Waals surface area contributed by atoms with Gasteiger partial charge in [-0.05, 0) is 74.7 Å². The topological polar surface area (TPSA) is 59.7 Å². The third-order valence-corrected chi connectivity index (χ3v) is 5.56. The second-order valence-electron chi connectivity index (χ2n) is 6.98. The minimum atomic E-state index is 0.365. The number of rotatable bonds is 5. The highest BCUT2D eigenvalue weighted by Crippen LogP contribution is 2.52. The Bertz CT molecular complexity index is 621. The summed E-state index contributed by atoms with van der Waals surface area (Å²) in [5, 5.41) is 20.2. The fourth-order valence-electron chi connectivity index (χ4n) is 4.01. The molecule has 1 aliphatic heterocycles. The minimum absolute atomic E-state index is 0.365. The second kappa shape index (κ2) is 6.98. The lowest BCUT2D eigenvalue weighted by molar-refractivity contribution is 0.0256. The predicted molar refractivity (Wildman–Crippen MR) is 97.0 cm³/mol. The van der Waals surface area contributed by atoms with Gasteiger partial charge in [-0.2, -0.15) is 0 Å². The van der Waals surface area contributed by atoms with Crippen LogP contribution in [0.1, 0.15) is 37.7 Å². The smallest absolute Gasteiger partial charge is 0.0627 e. The van der Waals surface area contributed by atoms with Crippen molar-refractivity contribution >= 4 is 23.0 Å². The molecule has 23 heavy (non-hydrogen) atoms. The Kier molecular flexibility index (Phi) is 4.98. The number of benzene rings is 1. The molecule has 2 aliphatic rings. The van der Waals surface area contributed by atoms with Crippen LogP contribution in [0.15, 0.2) is 36.4 Å². The van der Waals surface area contributed by atoms with Crippen LogP contribution in [0, 0.1) is 22.2 Å². The predicted octanol–water partition coefficient (Wildman–Crippen LogP) is 4.45. The zero-order chi connectivity index (χ0) is 16.3. The van der Waals surface area contributed by atoms with Gasteiger partial charge in [0.2, 0.25) is 0 Å². The molecule has 1 aromatic rings. The number of halogens is 1. The monoisotopic (exact) mass is 329 g/mol. The van der Waals surface area contributed by atoms with Crippen LogP contribution in [0.3, 0.4) is 0 Å². The van der Waals surface area contributed by atoms with E-state index in [0.29, 0.717) is 27.8 Å². The fraction of sp³-hybridized carbons (Fsp3) is 0.474. The summed E-state index contributed by atoms with van der Waals surface area (Å²) < 4.78 is 0. The average Bonchev–Trinajstić information content (AvgIpc) is 2.52. The molecule has 4 heteroatoms. The molecule has 1 heterocycles. The Labute approximate surface area is 143 Å². The van der Waals surface area contributed by atoms with Gasteiger partial charge in [0.25, 0.3) is 0 Å². The lowest BCUT2D eigenvalue weighted by atomic mass is 9.57. The molecule has 0 unspecified atom stereocenters. The normalized spacial score (nSPS) is 20.6. The first kappa shape index (κ1) is 16.4. The number of nitrogens with one attached hydrogen (secondary N) is 3. The van der Waals surface area contributed by atoms with Gasteiger partial charge in [-0.25, -0.2) is 0 Å². The van der Waals surface area contributed by atoms with Crippen molar-refractivity contribution in [2.45, 2.75) is 32.1 Å². The summed E-state index contributed by atoms with van der Waals surface area (Å²) >= 11 is 6.10. The SMILES string of the molecule is N=C(/C=C\C(=N)c1ccccc1Cl)CC1CC2(CCNCC2)C1. The highest BCUT2D eigenvalue weighted by molar-refractivity contribution is 6.34. The summed E-state index contributed by atoms with van der Waals surface area (Å²) in [5.41, 5.74) is 2.28. The average molecular weight is 330 g/mol. The molecule has 1 aliphatic carbocycles. The van der Waals surface area contributed by atoms with Crippen molar-refractivity contribution in [3.8, 4) is 0 Å². The Morgan fingerprint density at radius 3 is 2.57 bits per heavy atom. The van der Waals surface area contributed by atoms with Gasteiger partial charge in [0.1, 0.15) is 0 Å². The van der Waals surface area contributed by atoms with Crippen LogP contribution in [-0.2, 0) is 0 Å². The van der Waals surface area contributed by atoms with Gasteiger partial charge in [-0.3, -0.25) is 0 Å². The van der Waals surface area contributed by atoms with Gasteiger partial charge < -0.3 is 16.1 Å². The van der Waals surface area contributed by atoms with E-state index in [1.54, 1.807) is 18.2 Å². The van der Waals surface area contributed by atoms with Crippen LogP contribution in [0.25, 0.3) is 0 Å². The molecule has 0 amide bonds. The van der Waals surface area contributed by atoms with Crippen LogP contribution in [0.2, 0.25) is 5.02 Å². The Morgan fingerprint density at radius 1 is 1.17 bits per heavy atom. The van der Waals surface area contributed by atoms with Crippen molar-refractivity contribution in [2.24, 2.45) is 11.3 Å². The largest absolute Gasteiger partial charge is 0.317 e. The van der Waals surface area contributed by atoms with E-state index < -0.39 is 0 Å². The molecule has 1 spiro atoms. The van der Waals surface area contributed by atoms with Gasteiger partial charge >= 0.3 is 0 Å². The van der Waals surface area contributed by atoms with E-state index in [0.717, 1.165) is 25.1 Å². The van der Waals surface area contributed by atoms with E-state index in [4.69, 9.17) is 22.4 Å². The van der Waals surface area contributed by atoms with E-state index in [9.17, 15) is 0 Å². The van der Waals surface area contributed by atoms with Crippen LogP contribution in [-0.4, -0.2) is 24.5 Å². The Morgan fingerprint density at radius 2 is 1.87 bits per heavy atom. The molecule has 1 saturated carbocycles. The van der Waals surface area contributed by atoms with E-state index >= 15 is 0 Å². The van der Waals surface area contributed by atoms with Gasteiger partial charge in [0, 0.05) is 16.3 Å². The van der Waals surface area contributed by atoms with E-state index in [2.05, 4.69) is 5.32 Å². The van der Waals surface area contributed by atoms with Gasteiger partial charge in [-0.1, -0.05) is 29.8 Å². The molecule has 122 valence electrons. The van der Waals surface area contributed by atoms with Crippen LogP contribution >= 0.6 is 11.6 Å². The van der Waals surface area contributed by atoms with Gasteiger partial charge in [-0.15, -0.1) is 0 Å². The quantitative estimate of drug-likeness (QED) is 0.686. The van der Waals surface area contributed by atoms with Crippen molar-refractivity contribution in [1.29, 1.82) is 10.8 Å². The summed E-state index contributed by atoms with van der Waals surface area (Å²) in [4.78, 5) is 0. The van der Waals surface area contributed by atoms with Gasteiger partial charge in [0.05, 0.1) is 5.71 Å². The molecule has 1 saturated heterocycles. The number of hydrogen-bond donors (Lipinski definition) is 3. The maximum absolute atomic E-state index is 8.14. The highest BCUT2D eigenvalue weighted by atomic mass is 35.5. The third-order valence-electron chi connectivity index (χ3n) is 5.23. The standard InChI is InChI=1S/C19H24ClN3/c20-17-4-2-1-3-16(17)18(22)6-5-15(21)11-14-12-19(13-14)7-9-23-10-8-19/h1-6,14,21-23H,7-13H2/b6-5-,21-15?,22-18?. The van der Waals surface area contributed by atoms with E-state index in [1.807, 2.05) is 18.2 Å². The zero-order valence-corrected chi connectivity index (χ0v) is 14.1. The van der Waals surface area contributed by atoms with Crippen molar-refractivity contribution in [3.63, 3.8) is 0 Å². The summed E-state index contributed by atoms with van der Waals surface area (Å²) in [5.74, 6) is 0.653. The Hall–Kier alpha value is -1.45. The van der Waals surface area contributed by atoms with E-state index in [-0.39, 0.29) is 0 Å². The number of allylic oxidation sites excluding steroid dienone is 2. The first-order valence-corrected chi connectivity index (χ1v) is 8.75. The molecule has 3 rings (SSSR count). The molecule has 2 fully saturated rings. The van der Waals surface area contributed by atoms with E-state index in [1.165, 1.54) is 25.7 Å². The second-order valence-corrected chi connectivity index (χ2v) is 7.39. The van der Waals surface area contributed by atoms with Crippen LogP contribution < -0.4 is 5.32 Å². The van der Waals surface area contributed by atoms with Crippen LogP contribution in [0.5, 0.6) is 0 Å². The summed E-state index contributed by atoms with van der Waals surface area (Å²) in [6.07, 6.45) is 9.43. The lowest BCUT2D eigenvalue weighted by Crippen LogP contribution is -2.45. The zero-order valence-electron chi connectivity index (χ0n) is 13.4. The minimum Gasteiger partial charge on any atom is -0.317 e. The summed E-state index contributed by atoms with van der Waals surface area (Å²) in [6.45, 7) is 2.30. The first-order valence-electron chi connectivity index (χ1n) is 8.38. The summed E-state index contributed by atoms with van der Waals surface area (Å²) in [7, 11) is 0. The van der Waals surface area contributed by atoms with Crippen molar-refractivity contribution in [2.75, 3.05) is 13.1 Å². The molecule has 3 N–H and O–H groups in total. The molecule has 0 aromatic heterocycles. The third kappa shape index (κ3) is 3.91. The number of hydrogen-bond acceptors (Lipinski definition) is 3. The van der Waals surface area contributed by atoms with Crippen LogP contribution in [0.4, 0.5) is 0 Å². The summed E-state index contributed by atoms with van der Waals surface area (Å²) in [6, 6.07) is 7.36. The molecular weight excluding hydrogens is 306 g/mol. The van der Waals surface area contributed by atoms with Crippen molar-refractivity contribution in [3.05, 3.63) is 47.0 Å². The molecule has 3 nitrogen and oxygen atoms in total. The maximum atomic E-state index is 8.14. The molecular formula is C19H24ClN3. The lowest BCUT2D eigenvalue weighted by Gasteiger charge is -2.50. The van der Waals surface area contributed by atoms with Crippen molar-refractivity contribution in [1.82, 2.24) is 5.32 Å². The molecule has 1 aromatic carbocycles. The highest BCUT2D eigenvalue weighted by Gasteiger charge is 2.44. The molecule has 0 atom stereocenters. The molecule has 0 bridgehead atoms. The fourth-order valence-corrected chi connectivity index (χ4v) is 4.24.